The molecular formula is C23H27N3O4. The summed E-state index contributed by atoms with van der Waals surface area (Å²) in [7, 11) is 0. The standard InChI is InChI=1S/C23H27N3O4/c1-15-3-5-19(16(2)11-15)25-22(27)13-26-9-7-17(8-10-26)23(28)24-18-4-6-20-21(12-18)30-14-29-20/h3-6,11-12,17H,7-10,13-14H2,1-2H3,(H,24,28)(H,25,27). The molecule has 2 N–H and O–H groups in total. The van der Waals surface area contributed by atoms with E-state index in [-0.39, 0.29) is 24.5 Å². The summed E-state index contributed by atoms with van der Waals surface area (Å²) in [6.07, 6.45) is 1.46. The summed E-state index contributed by atoms with van der Waals surface area (Å²) in [6.45, 7) is 6.02. The molecule has 2 heterocycles. The van der Waals surface area contributed by atoms with Gasteiger partial charge in [0.1, 0.15) is 0 Å². The molecule has 0 spiro atoms. The van der Waals surface area contributed by atoms with Gasteiger partial charge in [-0.2, -0.15) is 0 Å². The van der Waals surface area contributed by atoms with Crippen LogP contribution in [-0.4, -0.2) is 43.1 Å². The first-order valence-electron chi connectivity index (χ1n) is 10.3. The molecular weight excluding hydrogens is 382 g/mol. The van der Waals surface area contributed by atoms with Crippen LogP contribution in [0.1, 0.15) is 24.0 Å². The highest BCUT2D eigenvalue weighted by Crippen LogP contribution is 2.34. The van der Waals surface area contributed by atoms with Crippen LogP contribution in [0, 0.1) is 19.8 Å². The number of ether oxygens (including phenoxy) is 2. The monoisotopic (exact) mass is 409 g/mol. The second kappa shape index (κ2) is 8.75. The highest BCUT2D eigenvalue weighted by molar-refractivity contribution is 5.94. The Hall–Kier alpha value is -3.06. The fourth-order valence-electron chi connectivity index (χ4n) is 3.92. The first-order valence-corrected chi connectivity index (χ1v) is 10.3. The zero-order valence-corrected chi connectivity index (χ0v) is 17.4. The Morgan fingerprint density at radius 2 is 1.77 bits per heavy atom. The lowest BCUT2D eigenvalue weighted by molar-refractivity contribution is -0.121. The maximum atomic E-state index is 12.6. The molecule has 0 atom stereocenters. The minimum Gasteiger partial charge on any atom is -0.454 e. The summed E-state index contributed by atoms with van der Waals surface area (Å²) in [4.78, 5) is 27.1. The van der Waals surface area contributed by atoms with Crippen LogP contribution in [-0.2, 0) is 9.59 Å². The number of fused-ring (bicyclic) bond motifs is 1. The maximum Gasteiger partial charge on any atom is 0.238 e. The molecule has 4 rings (SSSR count). The van der Waals surface area contributed by atoms with Crippen LogP contribution in [0.15, 0.2) is 36.4 Å². The van der Waals surface area contributed by atoms with Gasteiger partial charge in [-0.25, -0.2) is 0 Å². The van der Waals surface area contributed by atoms with Crippen LogP contribution in [0.2, 0.25) is 0 Å². The molecule has 0 aromatic heterocycles. The number of piperidine rings is 1. The summed E-state index contributed by atoms with van der Waals surface area (Å²) in [5.41, 5.74) is 3.79. The molecule has 2 aliphatic heterocycles. The van der Waals surface area contributed by atoms with Crippen molar-refractivity contribution in [3.8, 4) is 11.5 Å². The average Bonchev–Trinajstić information content (AvgIpc) is 3.18. The number of anilines is 2. The Morgan fingerprint density at radius 1 is 1.00 bits per heavy atom. The number of nitrogens with one attached hydrogen (secondary N) is 2. The fourth-order valence-corrected chi connectivity index (χ4v) is 3.92. The number of carbonyl (C=O) groups is 2. The first kappa shape index (κ1) is 20.2. The summed E-state index contributed by atoms with van der Waals surface area (Å²) in [6, 6.07) is 11.4. The van der Waals surface area contributed by atoms with Crippen LogP contribution in [0.5, 0.6) is 11.5 Å². The molecule has 0 unspecified atom stereocenters. The maximum absolute atomic E-state index is 12.6. The van der Waals surface area contributed by atoms with E-state index >= 15 is 0 Å². The SMILES string of the molecule is Cc1ccc(NC(=O)CN2CCC(C(=O)Nc3ccc4c(c3)OCO4)CC2)c(C)c1. The number of benzene rings is 2. The van der Waals surface area contributed by atoms with E-state index in [1.54, 1.807) is 12.1 Å². The van der Waals surface area contributed by atoms with Crippen molar-refractivity contribution in [1.82, 2.24) is 4.90 Å². The van der Waals surface area contributed by atoms with E-state index in [1.807, 2.05) is 32.0 Å². The van der Waals surface area contributed by atoms with Gasteiger partial charge in [0.15, 0.2) is 11.5 Å². The van der Waals surface area contributed by atoms with E-state index in [0.717, 1.165) is 37.2 Å². The summed E-state index contributed by atoms with van der Waals surface area (Å²) in [5.74, 6) is 1.27. The molecule has 2 aromatic rings. The van der Waals surface area contributed by atoms with Crippen molar-refractivity contribution in [3.05, 3.63) is 47.5 Å². The molecule has 1 fully saturated rings. The smallest absolute Gasteiger partial charge is 0.238 e. The number of amides is 2. The van der Waals surface area contributed by atoms with Gasteiger partial charge in [-0.3, -0.25) is 14.5 Å². The van der Waals surface area contributed by atoms with E-state index < -0.39 is 0 Å². The van der Waals surface area contributed by atoms with Crippen molar-refractivity contribution in [2.45, 2.75) is 26.7 Å². The van der Waals surface area contributed by atoms with E-state index in [0.29, 0.717) is 23.7 Å². The molecule has 2 aromatic carbocycles. The molecule has 1 saturated heterocycles. The predicted molar refractivity (Wildman–Crippen MR) is 115 cm³/mol. The van der Waals surface area contributed by atoms with Crippen molar-refractivity contribution >= 4 is 23.2 Å². The Bertz CT molecular complexity index is 951. The minimum atomic E-state index is -0.0610. The Morgan fingerprint density at radius 3 is 2.53 bits per heavy atom. The van der Waals surface area contributed by atoms with E-state index in [1.165, 1.54) is 5.56 Å². The highest BCUT2D eigenvalue weighted by Gasteiger charge is 2.26. The number of rotatable bonds is 5. The van der Waals surface area contributed by atoms with Gasteiger partial charge < -0.3 is 20.1 Å². The van der Waals surface area contributed by atoms with E-state index in [4.69, 9.17) is 9.47 Å². The van der Waals surface area contributed by atoms with Crippen LogP contribution in [0.4, 0.5) is 11.4 Å². The first-order chi connectivity index (χ1) is 14.5. The third-order valence-electron chi connectivity index (χ3n) is 5.62. The van der Waals surface area contributed by atoms with Crippen LogP contribution < -0.4 is 20.1 Å². The lowest BCUT2D eigenvalue weighted by atomic mass is 9.95. The lowest BCUT2D eigenvalue weighted by Crippen LogP contribution is -2.41. The summed E-state index contributed by atoms with van der Waals surface area (Å²) < 4.78 is 10.6. The molecule has 0 saturated carbocycles. The fraction of sp³-hybridized carbons (Fsp3) is 0.391. The molecule has 2 aliphatic rings. The molecule has 7 nitrogen and oxygen atoms in total. The Kier molecular flexibility index (Phi) is 5.90. The van der Waals surface area contributed by atoms with Crippen molar-refractivity contribution in [2.24, 2.45) is 5.92 Å². The van der Waals surface area contributed by atoms with Gasteiger partial charge in [-0.05, 0) is 63.5 Å². The van der Waals surface area contributed by atoms with Crippen molar-refractivity contribution < 1.29 is 19.1 Å². The van der Waals surface area contributed by atoms with Crippen molar-refractivity contribution in [2.75, 3.05) is 37.1 Å². The molecule has 158 valence electrons. The number of likely N-dealkylation sites (tertiary alicyclic amines) is 1. The van der Waals surface area contributed by atoms with Gasteiger partial charge in [-0.15, -0.1) is 0 Å². The van der Waals surface area contributed by atoms with Crippen LogP contribution >= 0.6 is 0 Å². The highest BCUT2D eigenvalue weighted by atomic mass is 16.7. The molecule has 2 amide bonds. The van der Waals surface area contributed by atoms with Gasteiger partial charge in [-0.1, -0.05) is 17.7 Å². The molecule has 0 bridgehead atoms. The van der Waals surface area contributed by atoms with Gasteiger partial charge in [0.2, 0.25) is 18.6 Å². The van der Waals surface area contributed by atoms with Gasteiger partial charge in [0.05, 0.1) is 6.54 Å². The van der Waals surface area contributed by atoms with Crippen LogP contribution in [0.25, 0.3) is 0 Å². The lowest BCUT2D eigenvalue weighted by Gasteiger charge is -2.30. The average molecular weight is 409 g/mol. The second-order valence-electron chi connectivity index (χ2n) is 7.97. The van der Waals surface area contributed by atoms with Gasteiger partial charge >= 0.3 is 0 Å². The van der Waals surface area contributed by atoms with Gasteiger partial charge in [0, 0.05) is 23.4 Å². The topological polar surface area (TPSA) is 79.9 Å². The normalized spacial score (nSPS) is 16.3. The molecule has 0 aliphatic carbocycles. The Balaban J connectivity index is 1.24. The van der Waals surface area contributed by atoms with E-state index in [9.17, 15) is 9.59 Å². The summed E-state index contributed by atoms with van der Waals surface area (Å²) >= 11 is 0. The largest absolute Gasteiger partial charge is 0.454 e. The predicted octanol–water partition coefficient (Wildman–Crippen LogP) is 3.32. The second-order valence-corrected chi connectivity index (χ2v) is 7.97. The molecule has 0 radical (unpaired) electrons. The minimum absolute atomic E-state index is 0.00764. The van der Waals surface area contributed by atoms with Crippen molar-refractivity contribution in [3.63, 3.8) is 0 Å². The summed E-state index contributed by atoms with van der Waals surface area (Å²) in [5, 5.41) is 5.96. The number of hydrogen-bond donors (Lipinski definition) is 2. The van der Waals surface area contributed by atoms with Crippen LogP contribution in [0.3, 0.4) is 0 Å². The number of nitrogens with zero attached hydrogens (tertiary/aromatic N) is 1. The molecule has 30 heavy (non-hydrogen) atoms. The third-order valence-corrected chi connectivity index (χ3v) is 5.62. The number of carbonyl (C=O) groups excluding carboxylic acids is 2. The van der Waals surface area contributed by atoms with Crippen molar-refractivity contribution in [1.29, 1.82) is 0 Å². The number of hydrogen-bond acceptors (Lipinski definition) is 5. The van der Waals surface area contributed by atoms with E-state index in [2.05, 4.69) is 21.6 Å². The molecule has 7 heteroatoms. The van der Waals surface area contributed by atoms with Gasteiger partial charge in [0.25, 0.3) is 0 Å². The third kappa shape index (κ3) is 4.74. The Labute approximate surface area is 176 Å². The quantitative estimate of drug-likeness (QED) is 0.792. The zero-order chi connectivity index (χ0) is 21.1. The zero-order valence-electron chi connectivity index (χ0n) is 17.4. The number of aryl methyl sites for hydroxylation is 2.